The minimum atomic E-state index is -3.33. The summed E-state index contributed by atoms with van der Waals surface area (Å²) in [7, 11) is -1.92. The Morgan fingerprint density at radius 3 is 2.11 bits per heavy atom. The predicted molar refractivity (Wildman–Crippen MR) is 75.2 cm³/mol. The number of rotatable bonds is 7. The van der Waals surface area contributed by atoms with Crippen LogP contribution in [0.5, 0.6) is 0 Å². The largest absolute Gasteiger partial charge is 0.385 e. The summed E-state index contributed by atoms with van der Waals surface area (Å²) in [6, 6.07) is 6.82. The van der Waals surface area contributed by atoms with Crippen LogP contribution in [0.3, 0.4) is 0 Å². The molecule has 5 heteroatoms. The summed E-state index contributed by atoms with van der Waals surface area (Å²) >= 11 is 0. The number of hydrogen-bond acceptors (Lipinski definition) is 3. The molecule has 0 saturated heterocycles. The second-order valence-corrected chi connectivity index (χ2v) is 6.18. The third kappa shape index (κ3) is 3.99. The van der Waals surface area contributed by atoms with Crippen molar-refractivity contribution in [3.8, 4) is 0 Å². The lowest BCUT2D eigenvalue weighted by atomic mass is 10.0. The highest BCUT2D eigenvalue weighted by Gasteiger charge is 2.10. The van der Waals surface area contributed by atoms with E-state index in [1.165, 1.54) is 7.05 Å². The number of sulfonamides is 1. The summed E-state index contributed by atoms with van der Waals surface area (Å²) in [6.07, 6.45) is 2.30. The smallest absolute Gasteiger partial charge is 0.240 e. The van der Waals surface area contributed by atoms with Crippen LogP contribution in [-0.2, 0) is 10.0 Å². The molecule has 1 aromatic rings. The monoisotopic (exact) mass is 270 g/mol. The summed E-state index contributed by atoms with van der Waals surface area (Å²) < 4.78 is 25.4. The average molecular weight is 270 g/mol. The van der Waals surface area contributed by atoms with Gasteiger partial charge >= 0.3 is 0 Å². The lowest BCUT2D eigenvalue weighted by Gasteiger charge is -2.14. The van der Waals surface area contributed by atoms with E-state index < -0.39 is 10.0 Å². The molecule has 2 N–H and O–H groups in total. The van der Waals surface area contributed by atoms with Gasteiger partial charge in [-0.25, -0.2) is 13.1 Å². The minimum absolute atomic E-state index is 0.290. The molecule has 0 amide bonds. The molecule has 0 radical (unpaired) electrons. The van der Waals surface area contributed by atoms with E-state index in [2.05, 4.69) is 23.9 Å². The highest BCUT2D eigenvalue weighted by Crippen LogP contribution is 2.15. The van der Waals surface area contributed by atoms with Gasteiger partial charge in [0.05, 0.1) is 4.90 Å². The lowest BCUT2D eigenvalue weighted by molar-refractivity contribution is 0.519. The van der Waals surface area contributed by atoms with Crippen molar-refractivity contribution in [3.05, 3.63) is 24.3 Å². The molecule has 4 nitrogen and oxygen atoms in total. The molecule has 0 aromatic heterocycles. The SMILES string of the molecule is CCC(CC)CNc1ccc(S(=O)(=O)NC)cc1. The van der Waals surface area contributed by atoms with Crippen molar-refractivity contribution in [2.75, 3.05) is 18.9 Å². The van der Waals surface area contributed by atoms with Gasteiger partial charge in [0.2, 0.25) is 10.0 Å². The van der Waals surface area contributed by atoms with Crippen molar-refractivity contribution >= 4 is 15.7 Å². The number of benzene rings is 1. The zero-order valence-corrected chi connectivity index (χ0v) is 12.0. The third-order valence-corrected chi connectivity index (χ3v) is 4.61. The summed E-state index contributed by atoms with van der Waals surface area (Å²) in [5.74, 6) is 0.658. The van der Waals surface area contributed by atoms with Crippen molar-refractivity contribution in [1.29, 1.82) is 0 Å². The molecule has 0 aliphatic carbocycles. The van der Waals surface area contributed by atoms with Gasteiger partial charge in [-0.1, -0.05) is 26.7 Å². The highest BCUT2D eigenvalue weighted by atomic mass is 32.2. The molecule has 0 aliphatic rings. The van der Waals surface area contributed by atoms with E-state index in [-0.39, 0.29) is 4.90 Å². The molecule has 0 bridgehead atoms. The Bertz CT molecular complexity index is 450. The van der Waals surface area contributed by atoms with Crippen molar-refractivity contribution < 1.29 is 8.42 Å². The molecular weight excluding hydrogens is 248 g/mol. The number of nitrogens with one attached hydrogen (secondary N) is 2. The minimum Gasteiger partial charge on any atom is -0.385 e. The fourth-order valence-electron chi connectivity index (χ4n) is 1.71. The molecule has 0 atom stereocenters. The quantitative estimate of drug-likeness (QED) is 0.800. The Balaban J connectivity index is 2.67. The van der Waals surface area contributed by atoms with Gasteiger partial charge in [0.25, 0.3) is 0 Å². The van der Waals surface area contributed by atoms with Crippen LogP contribution in [0.4, 0.5) is 5.69 Å². The van der Waals surface area contributed by atoms with E-state index in [0.29, 0.717) is 5.92 Å². The van der Waals surface area contributed by atoms with Crippen LogP contribution in [0.15, 0.2) is 29.2 Å². The van der Waals surface area contributed by atoms with Gasteiger partial charge in [0, 0.05) is 12.2 Å². The summed E-state index contributed by atoms with van der Waals surface area (Å²) in [5, 5.41) is 3.33. The first-order chi connectivity index (χ1) is 8.53. The van der Waals surface area contributed by atoms with E-state index in [9.17, 15) is 8.42 Å². The fourth-order valence-corrected chi connectivity index (χ4v) is 2.44. The number of anilines is 1. The molecule has 0 unspecified atom stereocenters. The van der Waals surface area contributed by atoms with E-state index in [4.69, 9.17) is 0 Å². The van der Waals surface area contributed by atoms with Crippen LogP contribution >= 0.6 is 0 Å². The van der Waals surface area contributed by atoms with Gasteiger partial charge in [-0.2, -0.15) is 0 Å². The van der Waals surface area contributed by atoms with Crippen molar-refractivity contribution in [1.82, 2.24) is 4.72 Å². The highest BCUT2D eigenvalue weighted by molar-refractivity contribution is 7.89. The Kier molecular flexibility index (Phi) is 5.62. The topological polar surface area (TPSA) is 58.2 Å². The van der Waals surface area contributed by atoms with Crippen LogP contribution in [0.25, 0.3) is 0 Å². The zero-order valence-electron chi connectivity index (χ0n) is 11.2. The van der Waals surface area contributed by atoms with Crippen LogP contribution in [0.2, 0.25) is 0 Å². The first-order valence-electron chi connectivity index (χ1n) is 6.31. The molecule has 102 valence electrons. The van der Waals surface area contributed by atoms with E-state index in [1.807, 2.05) is 0 Å². The van der Waals surface area contributed by atoms with Crippen molar-refractivity contribution in [2.45, 2.75) is 31.6 Å². The molecule has 0 saturated carbocycles. The Labute approximate surface area is 110 Å². The van der Waals surface area contributed by atoms with Crippen LogP contribution < -0.4 is 10.0 Å². The fraction of sp³-hybridized carbons (Fsp3) is 0.538. The van der Waals surface area contributed by atoms with E-state index >= 15 is 0 Å². The second kappa shape index (κ2) is 6.75. The molecule has 1 aromatic carbocycles. The van der Waals surface area contributed by atoms with Gasteiger partial charge < -0.3 is 5.32 Å². The van der Waals surface area contributed by atoms with Crippen LogP contribution in [0, 0.1) is 5.92 Å². The Morgan fingerprint density at radius 1 is 1.11 bits per heavy atom. The van der Waals surface area contributed by atoms with Gasteiger partial charge in [-0.3, -0.25) is 0 Å². The summed E-state index contributed by atoms with van der Waals surface area (Å²) in [4.78, 5) is 0.290. The Hall–Kier alpha value is -1.07. The maximum atomic E-state index is 11.5. The summed E-state index contributed by atoms with van der Waals surface area (Å²) in [5.41, 5.74) is 0.956. The average Bonchev–Trinajstić information content (AvgIpc) is 2.40. The maximum absolute atomic E-state index is 11.5. The predicted octanol–water partition coefficient (Wildman–Crippen LogP) is 2.44. The molecule has 0 spiro atoms. The van der Waals surface area contributed by atoms with Gasteiger partial charge in [0.1, 0.15) is 0 Å². The van der Waals surface area contributed by atoms with E-state index in [1.54, 1.807) is 24.3 Å². The van der Waals surface area contributed by atoms with Crippen LogP contribution in [0.1, 0.15) is 26.7 Å². The van der Waals surface area contributed by atoms with Gasteiger partial charge in [-0.05, 0) is 37.2 Å². The van der Waals surface area contributed by atoms with Crippen molar-refractivity contribution in [3.63, 3.8) is 0 Å². The molecule has 1 rings (SSSR count). The molecular formula is C13H22N2O2S. The normalized spacial score (nSPS) is 11.8. The van der Waals surface area contributed by atoms with E-state index in [0.717, 1.165) is 25.1 Å². The summed E-state index contributed by atoms with van der Waals surface area (Å²) in [6.45, 7) is 5.28. The van der Waals surface area contributed by atoms with Gasteiger partial charge in [-0.15, -0.1) is 0 Å². The Morgan fingerprint density at radius 2 is 1.67 bits per heavy atom. The van der Waals surface area contributed by atoms with Crippen molar-refractivity contribution in [2.24, 2.45) is 5.92 Å². The number of hydrogen-bond donors (Lipinski definition) is 2. The first kappa shape index (κ1) is 15.0. The maximum Gasteiger partial charge on any atom is 0.240 e. The molecule has 0 aliphatic heterocycles. The molecule has 18 heavy (non-hydrogen) atoms. The van der Waals surface area contributed by atoms with Gasteiger partial charge in [0.15, 0.2) is 0 Å². The van der Waals surface area contributed by atoms with Crippen LogP contribution in [-0.4, -0.2) is 22.0 Å². The first-order valence-corrected chi connectivity index (χ1v) is 7.79. The third-order valence-electron chi connectivity index (χ3n) is 3.18. The lowest BCUT2D eigenvalue weighted by Crippen LogP contribution is -2.18. The molecule has 0 heterocycles. The standard InChI is InChI=1S/C13H22N2O2S/c1-4-11(5-2)10-15-12-6-8-13(9-7-12)18(16,17)14-3/h6-9,11,14-15H,4-5,10H2,1-3H3. The molecule has 0 fully saturated rings. The second-order valence-electron chi connectivity index (χ2n) is 4.30. The zero-order chi connectivity index (χ0) is 13.6.